The molecule has 3 aromatic rings. The summed E-state index contributed by atoms with van der Waals surface area (Å²) in [5, 5.41) is 3.57. The minimum atomic E-state index is -0.231. The van der Waals surface area contributed by atoms with Crippen molar-refractivity contribution in [3.05, 3.63) is 81.3 Å². The highest BCUT2D eigenvalue weighted by Crippen LogP contribution is 2.32. The Hall–Kier alpha value is -1.54. The maximum atomic E-state index is 6.45. The zero-order valence-electron chi connectivity index (χ0n) is 11.6. The summed E-state index contributed by atoms with van der Waals surface area (Å²) in [7, 11) is 0. The van der Waals surface area contributed by atoms with E-state index in [1.807, 2.05) is 61.5 Å². The molecule has 0 aliphatic carbocycles. The summed E-state index contributed by atoms with van der Waals surface area (Å²) in [6, 6.07) is 17.6. The van der Waals surface area contributed by atoms with Crippen molar-refractivity contribution in [2.75, 3.05) is 0 Å². The Labute approximate surface area is 134 Å². The number of aryl methyl sites for hydroxylation is 1. The fourth-order valence-electron chi connectivity index (χ4n) is 2.54. The summed E-state index contributed by atoms with van der Waals surface area (Å²) in [6.07, 6.45) is 0. The quantitative estimate of drug-likeness (QED) is 0.663. The van der Waals surface area contributed by atoms with Gasteiger partial charge in [0.25, 0.3) is 0 Å². The van der Waals surface area contributed by atoms with Crippen LogP contribution in [0.15, 0.2) is 54.6 Å². The van der Waals surface area contributed by atoms with E-state index in [1.54, 1.807) is 0 Å². The molecule has 21 heavy (non-hydrogen) atoms. The zero-order valence-corrected chi connectivity index (χ0v) is 13.1. The van der Waals surface area contributed by atoms with E-state index in [4.69, 9.17) is 28.9 Å². The van der Waals surface area contributed by atoms with Gasteiger partial charge in [0, 0.05) is 15.4 Å². The van der Waals surface area contributed by atoms with Gasteiger partial charge >= 0.3 is 0 Å². The molecule has 3 heteroatoms. The van der Waals surface area contributed by atoms with Gasteiger partial charge in [-0.05, 0) is 41.1 Å². The summed E-state index contributed by atoms with van der Waals surface area (Å²) in [5.41, 5.74) is 9.55. The molecule has 2 N–H and O–H groups in total. The van der Waals surface area contributed by atoms with E-state index in [1.165, 1.54) is 0 Å². The van der Waals surface area contributed by atoms with Crippen LogP contribution in [0, 0.1) is 6.92 Å². The first-order valence-electron chi connectivity index (χ1n) is 6.76. The molecule has 0 bridgehead atoms. The molecule has 0 aromatic heterocycles. The third-order valence-corrected chi connectivity index (χ3v) is 4.53. The topological polar surface area (TPSA) is 26.0 Å². The Morgan fingerprint density at radius 1 is 0.857 bits per heavy atom. The van der Waals surface area contributed by atoms with E-state index in [0.717, 1.165) is 37.5 Å². The lowest BCUT2D eigenvalue weighted by Crippen LogP contribution is -2.12. The lowest BCUT2D eigenvalue weighted by molar-refractivity contribution is 0.880. The summed E-state index contributed by atoms with van der Waals surface area (Å²) >= 11 is 12.5. The molecule has 0 heterocycles. The normalized spacial score (nSPS) is 12.6. The molecule has 0 aliphatic rings. The number of hydrogen-bond acceptors (Lipinski definition) is 1. The van der Waals surface area contributed by atoms with Crippen LogP contribution >= 0.6 is 23.2 Å². The Morgan fingerprint density at radius 2 is 1.57 bits per heavy atom. The molecule has 1 atom stereocenters. The highest BCUT2D eigenvalue weighted by molar-refractivity contribution is 6.35. The fourth-order valence-corrected chi connectivity index (χ4v) is 2.96. The molecule has 106 valence electrons. The fraction of sp³-hybridized carbons (Fsp3) is 0.111. The number of hydrogen-bond donors (Lipinski definition) is 1. The van der Waals surface area contributed by atoms with E-state index in [-0.39, 0.29) is 6.04 Å². The number of fused-ring (bicyclic) bond motifs is 1. The molecule has 0 aliphatic heterocycles. The molecular weight excluding hydrogens is 301 g/mol. The smallest absolute Gasteiger partial charge is 0.0558 e. The monoisotopic (exact) mass is 315 g/mol. The molecule has 0 radical (unpaired) electrons. The van der Waals surface area contributed by atoms with Gasteiger partial charge < -0.3 is 5.73 Å². The third kappa shape index (κ3) is 2.65. The summed E-state index contributed by atoms with van der Waals surface area (Å²) < 4.78 is 0. The van der Waals surface area contributed by atoms with Crippen LogP contribution in [0.2, 0.25) is 10.0 Å². The number of benzene rings is 3. The number of rotatable bonds is 2. The van der Waals surface area contributed by atoms with Crippen molar-refractivity contribution in [2.24, 2.45) is 5.73 Å². The lowest BCUT2D eigenvalue weighted by atomic mass is 9.94. The highest BCUT2D eigenvalue weighted by atomic mass is 35.5. The van der Waals surface area contributed by atoms with Crippen molar-refractivity contribution < 1.29 is 0 Å². The van der Waals surface area contributed by atoms with Crippen LogP contribution in [-0.2, 0) is 0 Å². The van der Waals surface area contributed by atoms with Crippen LogP contribution in [0.3, 0.4) is 0 Å². The van der Waals surface area contributed by atoms with Gasteiger partial charge in [-0.2, -0.15) is 0 Å². The Morgan fingerprint density at radius 3 is 2.29 bits per heavy atom. The van der Waals surface area contributed by atoms with Crippen LogP contribution in [0.25, 0.3) is 10.8 Å². The Kier molecular flexibility index (Phi) is 3.90. The summed E-state index contributed by atoms with van der Waals surface area (Å²) in [5.74, 6) is 0. The van der Waals surface area contributed by atoms with E-state index >= 15 is 0 Å². The van der Waals surface area contributed by atoms with Crippen molar-refractivity contribution >= 4 is 34.0 Å². The van der Waals surface area contributed by atoms with Crippen molar-refractivity contribution in [1.29, 1.82) is 0 Å². The molecule has 0 spiro atoms. The molecule has 0 amide bonds. The van der Waals surface area contributed by atoms with Crippen molar-refractivity contribution in [1.82, 2.24) is 0 Å². The summed E-state index contributed by atoms with van der Waals surface area (Å²) in [4.78, 5) is 0. The molecule has 1 nitrogen and oxygen atoms in total. The zero-order chi connectivity index (χ0) is 15.0. The minimum absolute atomic E-state index is 0.231. The SMILES string of the molecule is Cc1ccc(C(N)c2ccc(Cl)c3ccccc23)cc1Cl. The second-order valence-electron chi connectivity index (χ2n) is 5.17. The van der Waals surface area contributed by atoms with Gasteiger partial charge in [0.1, 0.15) is 0 Å². The van der Waals surface area contributed by atoms with Gasteiger partial charge in [-0.3, -0.25) is 0 Å². The van der Waals surface area contributed by atoms with Crippen molar-refractivity contribution in [3.63, 3.8) is 0 Å². The number of halogens is 2. The van der Waals surface area contributed by atoms with Gasteiger partial charge in [-0.25, -0.2) is 0 Å². The lowest BCUT2D eigenvalue weighted by Gasteiger charge is -2.17. The molecule has 0 saturated heterocycles. The second-order valence-corrected chi connectivity index (χ2v) is 5.98. The average molecular weight is 316 g/mol. The maximum absolute atomic E-state index is 6.45. The average Bonchev–Trinajstić information content (AvgIpc) is 2.50. The molecule has 0 saturated carbocycles. The van der Waals surface area contributed by atoms with Gasteiger partial charge in [-0.15, -0.1) is 0 Å². The molecule has 3 rings (SSSR count). The molecule has 1 unspecified atom stereocenters. The van der Waals surface area contributed by atoms with Gasteiger partial charge in [-0.1, -0.05) is 65.7 Å². The highest BCUT2D eigenvalue weighted by Gasteiger charge is 2.14. The maximum Gasteiger partial charge on any atom is 0.0558 e. The van der Waals surface area contributed by atoms with E-state index in [0.29, 0.717) is 0 Å². The van der Waals surface area contributed by atoms with Crippen molar-refractivity contribution in [2.45, 2.75) is 13.0 Å². The first kappa shape index (κ1) is 14.4. The van der Waals surface area contributed by atoms with Gasteiger partial charge in [0.05, 0.1) is 6.04 Å². The van der Waals surface area contributed by atoms with Gasteiger partial charge in [0.2, 0.25) is 0 Å². The van der Waals surface area contributed by atoms with E-state index in [9.17, 15) is 0 Å². The Bertz CT molecular complexity index is 811. The molecule has 0 fully saturated rings. The molecule has 3 aromatic carbocycles. The summed E-state index contributed by atoms with van der Waals surface area (Å²) in [6.45, 7) is 1.98. The molecular formula is C18H15Cl2N. The standard InChI is InChI=1S/C18H15Cl2N/c1-11-6-7-12(10-17(11)20)18(21)15-8-9-16(19)14-5-3-2-4-13(14)15/h2-10,18H,21H2,1H3. The Balaban J connectivity index is 2.15. The predicted octanol–water partition coefficient (Wildman–Crippen LogP) is 5.50. The van der Waals surface area contributed by atoms with E-state index < -0.39 is 0 Å². The first-order chi connectivity index (χ1) is 10.1. The van der Waals surface area contributed by atoms with Crippen LogP contribution in [0.1, 0.15) is 22.7 Å². The van der Waals surface area contributed by atoms with Crippen LogP contribution in [0.5, 0.6) is 0 Å². The second kappa shape index (κ2) is 5.69. The van der Waals surface area contributed by atoms with Crippen LogP contribution in [-0.4, -0.2) is 0 Å². The number of nitrogens with two attached hydrogens (primary N) is 1. The first-order valence-corrected chi connectivity index (χ1v) is 7.52. The third-order valence-electron chi connectivity index (χ3n) is 3.79. The van der Waals surface area contributed by atoms with Crippen LogP contribution in [0.4, 0.5) is 0 Å². The largest absolute Gasteiger partial charge is 0.320 e. The van der Waals surface area contributed by atoms with Crippen LogP contribution < -0.4 is 5.73 Å². The minimum Gasteiger partial charge on any atom is -0.320 e. The van der Waals surface area contributed by atoms with E-state index in [2.05, 4.69) is 0 Å². The van der Waals surface area contributed by atoms with Gasteiger partial charge in [0.15, 0.2) is 0 Å². The van der Waals surface area contributed by atoms with Crippen molar-refractivity contribution in [3.8, 4) is 0 Å². The predicted molar refractivity (Wildman–Crippen MR) is 91.2 cm³/mol.